The zero-order chi connectivity index (χ0) is 45.1. The van der Waals surface area contributed by atoms with Crippen LogP contribution in [0.25, 0.3) is 0 Å². The minimum Gasteiger partial charge on any atom is -0.872 e. The smallest absolute Gasteiger partial charge is 0.872 e. The summed E-state index contributed by atoms with van der Waals surface area (Å²) in [4.78, 5) is -0.980. The molecule has 2 N–H and O–H groups in total. The first kappa shape index (κ1) is 56.3. The fraction of sp³-hybridized carbons (Fsp3) is 0.520. The Morgan fingerprint density at radius 3 is 1.25 bits per heavy atom. The van der Waals surface area contributed by atoms with E-state index in [0.29, 0.717) is 11.5 Å². The van der Waals surface area contributed by atoms with E-state index in [-0.39, 0.29) is 55.0 Å². The number of ether oxygens (including phenoxy) is 2. The summed E-state index contributed by atoms with van der Waals surface area (Å²) in [5, 5.41) is 21.4. The molecule has 0 aromatic heterocycles. The van der Waals surface area contributed by atoms with E-state index in [1.165, 1.54) is 147 Å². The SMILES string of the molecule is CCCCCCCCCCCCCc1cccc(Oc2cc(O)cc(S(=O)(=O)O)c2)c1.CCCCCCCCCCCCCc1cccc(Oc2cc([O-])cc(S(=O)(=O)[O-])c2)c1.[Ca+2]. The number of aromatic hydroxyl groups is 1. The van der Waals surface area contributed by atoms with Crippen molar-refractivity contribution < 1.29 is 45.6 Å². The Hall–Kier alpha value is -2.84. The van der Waals surface area contributed by atoms with Gasteiger partial charge in [-0.2, -0.15) is 8.42 Å². The third-order valence-corrected chi connectivity index (χ3v) is 12.4. The molecule has 63 heavy (non-hydrogen) atoms. The van der Waals surface area contributed by atoms with Gasteiger partial charge in [0.1, 0.15) is 43.8 Å². The van der Waals surface area contributed by atoms with Crippen LogP contribution in [-0.4, -0.2) is 68.8 Å². The Balaban J connectivity index is 0.000000427. The van der Waals surface area contributed by atoms with Gasteiger partial charge in [-0.05, 0) is 73.2 Å². The van der Waals surface area contributed by atoms with E-state index < -0.39 is 35.8 Å². The molecule has 0 spiro atoms. The molecule has 0 heterocycles. The first-order chi connectivity index (χ1) is 29.8. The molecule has 0 unspecified atom stereocenters. The number of unbranched alkanes of at least 4 members (excludes halogenated alkanes) is 20. The quantitative estimate of drug-likeness (QED) is 0.0291. The monoisotopic (exact) mass is 934 g/mol. The minimum absolute atomic E-state index is 0. The van der Waals surface area contributed by atoms with E-state index in [9.17, 15) is 36.2 Å². The van der Waals surface area contributed by atoms with Crippen LogP contribution in [0.3, 0.4) is 0 Å². The molecule has 13 heteroatoms. The summed E-state index contributed by atoms with van der Waals surface area (Å²) in [7, 11) is -9.12. The van der Waals surface area contributed by atoms with Crippen LogP contribution in [0.4, 0.5) is 0 Å². The molecule has 10 nitrogen and oxygen atoms in total. The van der Waals surface area contributed by atoms with E-state index in [0.717, 1.165) is 55.0 Å². The fourth-order valence-corrected chi connectivity index (χ4v) is 8.36. The Kier molecular flexibility index (Phi) is 28.5. The Bertz CT molecular complexity index is 1940. The Morgan fingerprint density at radius 1 is 0.476 bits per heavy atom. The van der Waals surface area contributed by atoms with Gasteiger partial charge in [-0.25, -0.2) is 8.42 Å². The van der Waals surface area contributed by atoms with Crippen LogP contribution in [-0.2, 0) is 33.1 Å². The maximum absolute atomic E-state index is 11.7. The topological polar surface area (TPSA) is 173 Å². The molecular formula is C50H70CaO10S2. The van der Waals surface area contributed by atoms with Gasteiger partial charge in [0, 0.05) is 18.2 Å². The first-order valence-electron chi connectivity index (χ1n) is 22.9. The van der Waals surface area contributed by atoms with Crippen LogP contribution < -0.4 is 14.6 Å². The van der Waals surface area contributed by atoms with E-state index in [1.807, 2.05) is 30.3 Å². The summed E-state index contributed by atoms with van der Waals surface area (Å²) in [6, 6.07) is 21.7. The number of benzene rings is 4. The molecule has 0 aliphatic carbocycles. The van der Waals surface area contributed by atoms with Gasteiger partial charge in [0.15, 0.2) is 0 Å². The van der Waals surface area contributed by atoms with Crippen molar-refractivity contribution in [1.82, 2.24) is 0 Å². The van der Waals surface area contributed by atoms with Crippen LogP contribution in [0.5, 0.6) is 34.5 Å². The molecule has 0 amide bonds. The molecule has 0 aliphatic heterocycles. The number of aryl methyl sites for hydroxylation is 2. The molecule has 0 atom stereocenters. The normalized spacial score (nSPS) is 11.4. The predicted molar refractivity (Wildman–Crippen MR) is 251 cm³/mol. The number of hydrogen-bond donors (Lipinski definition) is 2. The number of rotatable bonds is 30. The maximum Gasteiger partial charge on any atom is 2.00 e. The molecule has 4 rings (SSSR count). The van der Waals surface area contributed by atoms with Crippen molar-refractivity contribution in [1.29, 1.82) is 0 Å². The van der Waals surface area contributed by atoms with Crippen molar-refractivity contribution >= 4 is 58.0 Å². The van der Waals surface area contributed by atoms with Crippen LogP contribution in [0.1, 0.15) is 166 Å². The average molecular weight is 935 g/mol. The molecule has 0 radical (unpaired) electrons. The van der Waals surface area contributed by atoms with Crippen molar-refractivity contribution in [3.63, 3.8) is 0 Å². The predicted octanol–water partition coefficient (Wildman–Crippen LogP) is 13.2. The van der Waals surface area contributed by atoms with Gasteiger partial charge in [0.25, 0.3) is 10.1 Å². The molecule has 4 aromatic rings. The maximum atomic E-state index is 11.7. The molecule has 4 aromatic carbocycles. The molecule has 0 fully saturated rings. The van der Waals surface area contributed by atoms with Gasteiger partial charge in [0.2, 0.25) is 0 Å². The third kappa shape index (κ3) is 25.4. The van der Waals surface area contributed by atoms with Crippen LogP contribution in [0, 0.1) is 0 Å². The van der Waals surface area contributed by atoms with Gasteiger partial charge in [-0.1, -0.05) is 173 Å². The first-order valence-corrected chi connectivity index (χ1v) is 25.7. The largest absolute Gasteiger partial charge is 2.00 e. The molecule has 344 valence electrons. The number of phenols is 1. The average Bonchev–Trinajstić information content (AvgIpc) is 3.21. The van der Waals surface area contributed by atoms with E-state index in [2.05, 4.69) is 19.9 Å². The summed E-state index contributed by atoms with van der Waals surface area (Å²) in [6.45, 7) is 4.50. The molecular weight excluding hydrogens is 865 g/mol. The minimum atomic E-state index is -4.71. The second-order valence-electron chi connectivity index (χ2n) is 16.3. The van der Waals surface area contributed by atoms with E-state index in [4.69, 9.17) is 9.47 Å². The summed E-state index contributed by atoms with van der Waals surface area (Å²) in [6.07, 6.45) is 30.6. The molecule has 0 saturated carbocycles. The van der Waals surface area contributed by atoms with E-state index in [1.54, 1.807) is 12.1 Å². The van der Waals surface area contributed by atoms with E-state index >= 15 is 0 Å². The summed E-state index contributed by atoms with van der Waals surface area (Å²) < 4.78 is 76.7. The molecule has 0 saturated heterocycles. The van der Waals surface area contributed by atoms with Gasteiger partial charge in [0.05, 0.1) is 4.90 Å². The van der Waals surface area contributed by atoms with Crippen LogP contribution >= 0.6 is 0 Å². The third-order valence-electron chi connectivity index (χ3n) is 10.7. The van der Waals surface area contributed by atoms with Gasteiger partial charge in [-0.15, -0.1) is 5.75 Å². The molecule has 0 bridgehead atoms. The van der Waals surface area contributed by atoms with Crippen molar-refractivity contribution in [2.45, 2.75) is 178 Å². The number of hydrogen-bond acceptors (Lipinski definition) is 9. The Morgan fingerprint density at radius 2 is 0.857 bits per heavy atom. The standard InChI is InChI=1S/2C25H36O5S.Ca/c2*1-2-3-4-5-6-7-8-9-10-11-12-14-21-15-13-16-23(17-21)30-24-18-22(26)19-25(20-24)31(27,28)29;/h2*13,15-20,26H,2-12,14H2,1H3,(H,27,28,29);/q;;+2/p-2. The van der Waals surface area contributed by atoms with Gasteiger partial charge < -0.3 is 24.2 Å². The molecule has 0 aliphatic rings. The summed E-state index contributed by atoms with van der Waals surface area (Å²) >= 11 is 0. The second kappa shape index (κ2) is 31.9. The van der Waals surface area contributed by atoms with Crippen LogP contribution in [0.2, 0.25) is 0 Å². The van der Waals surface area contributed by atoms with Crippen LogP contribution in [0.15, 0.2) is 94.7 Å². The van der Waals surface area contributed by atoms with Crippen molar-refractivity contribution in [2.24, 2.45) is 0 Å². The number of phenolic OH excluding ortho intramolecular Hbond substituents is 1. The second-order valence-corrected chi connectivity index (χ2v) is 19.1. The van der Waals surface area contributed by atoms with Gasteiger partial charge >= 0.3 is 37.7 Å². The zero-order valence-corrected chi connectivity index (χ0v) is 41.6. The van der Waals surface area contributed by atoms with Crippen molar-refractivity contribution in [2.75, 3.05) is 0 Å². The summed E-state index contributed by atoms with van der Waals surface area (Å²) in [5.41, 5.74) is 2.28. The summed E-state index contributed by atoms with van der Waals surface area (Å²) in [5.74, 6) is 0.410. The fourth-order valence-electron chi connectivity index (χ4n) is 7.30. The van der Waals surface area contributed by atoms with Gasteiger partial charge in [-0.3, -0.25) is 4.55 Å². The van der Waals surface area contributed by atoms with Crippen molar-refractivity contribution in [3.05, 3.63) is 96.1 Å². The zero-order valence-electron chi connectivity index (χ0n) is 37.7. The Labute approximate surface area is 408 Å². The van der Waals surface area contributed by atoms with Crippen molar-refractivity contribution in [3.8, 4) is 34.5 Å².